The van der Waals surface area contributed by atoms with E-state index < -0.39 is 0 Å². The van der Waals surface area contributed by atoms with Gasteiger partial charge in [-0.1, -0.05) is 6.92 Å². The molecule has 0 amide bonds. The SMILES string of the molecule is CCCNCc1cnccc1N(C)Cc1cc(Br)cs1. The lowest BCUT2D eigenvalue weighted by Gasteiger charge is -2.21. The number of thiophene rings is 1. The van der Waals surface area contributed by atoms with E-state index in [1.54, 1.807) is 11.3 Å². The van der Waals surface area contributed by atoms with Crippen molar-refractivity contribution >= 4 is 33.0 Å². The summed E-state index contributed by atoms with van der Waals surface area (Å²) >= 11 is 5.29. The summed E-state index contributed by atoms with van der Waals surface area (Å²) < 4.78 is 1.16. The molecule has 20 heavy (non-hydrogen) atoms. The highest BCUT2D eigenvalue weighted by Gasteiger charge is 2.09. The van der Waals surface area contributed by atoms with Crippen LogP contribution in [0.4, 0.5) is 5.69 Å². The van der Waals surface area contributed by atoms with Crippen molar-refractivity contribution in [3.05, 3.63) is 44.8 Å². The molecule has 0 radical (unpaired) electrons. The fourth-order valence-corrected chi connectivity index (χ4v) is 3.59. The van der Waals surface area contributed by atoms with Crippen LogP contribution in [0.15, 0.2) is 34.4 Å². The van der Waals surface area contributed by atoms with Gasteiger partial charge in [-0.25, -0.2) is 0 Å². The van der Waals surface area contributed by atoms with Crippen LogP contribution in [0.1, 0.15) is 23.8 Å². The van der Waals surface area contributed by atoms with E-state index in [9.17, 15) is 0 Å². The first-order valence-corrected chi connectivity index (χ1v) is 8.45. The molecular formula is C15H20BrN3S. The molecule has 5 heteroatoms. The summed E-state index contributed by atoms with van der Waals surface area (Å²) in [5.41, 5.74) is 2.49. The van der Waals surface area contributed by atoms with Crippen molar-refractivity contribution in [1.29, 1.82) is 0 Å². The van der Waals surface area contributed by atoms with Crippen molar-refractivity contribution < 1.29 is 0 Å². The number of aromatic nitrogens is 1. The molecule has 0 unspecified atom stereocenters. The summed E-state index contributed by atoms with van der Waals surface area (Å²) in [6, 6.07) is 4.27. The van der Waals surface area contributed by atoms with Crippen molar-refractivity contribution in [3.8, 4) is 0 Å². The number of anilines is 1. The molecule has 0 fully saturated rings. The normalized spacial score (nSPS) is 10.8. The Kier molecular flexibility index (Phi) is 6.01. The molecule has 0 atom stereocenters. The fourth-order valence-electron chi connectivity index (χ4n) is 2.08. The van der Waals surface area contributed by atoms with Gasteiger partial charge >= 0.3 is 0 Å². The molecule has 108 valence electrons. The number of rotatable bonds is 7. The van der Waals surface area contributed by atoms with Crippen molar-refractivity contribution in [3.63, 3.8) is 0 Å². The first-order chi connectivity index (χ1) is 9.70. The maximum Gasteiger partial charge on any atom is 0.0520 e. The van der Waals surface area contributed by atoms with E-state index in [-0.39, 0.29) is 0 Å². The van der Waals surface area contributed by atoms with Crippen molar-refractivity contribution in [2.45, 2.75) is 26.4 Å². The van der Waals surface area contributed by atoms with E-state index in [4.69, 9.17) is 0 Å². The van der Waals surface area contributed by atoms with Gasteiger partial charge in [0.25, 0.3) is 0 Å². The fraction of sp³-hybridized carbons (Fsp3) is 0.400. The number of hydrogen-bond donors (Lipinski definition) is 1. The first kappa shape index (κ1) is 15.5. The molecule has 2 aromatic rings. The Morgan fingerprint density at radius 2 is 2.30 bits per heavy atom. The van der Waals surface area contributed by atoms with Crippen LogP contribution in [0.5, 0.6) is 0 Å². The van der Waals surface area contributed by atoms with E-state index in [0.717, 1.165) is 30.5 Å². The van der Waals surface area contributed by atoms with Gasteiger partial charge in [-0.2, -0.15) is 0 Å². The molecule has 0 aliphatic carbocycles. The second-order valence-electron chi connectivity index (χ2n) is 4.77. The molecule has 0 spiro atoms. The van der Waals surface area contributed by atoms with E-state index in [2.05, 4.69) is 62.6 Å². The zero-order chi connectivity index (χ0) is 14.4. The minimum Gasteiger partial charge on any atom is -0.369 e. The summed E-state index contributed by atoms with van der Waals surface area (Å²) in [5.74, 6) is 0. The molecule has 2 rings (SSSR count). The third-order valence-electron chi connectivity index (χ3n) is 3.05. The standard InChI is InChI=1S/C15H20BrN3S/c1-3-5-17-8-12-9-18-6-4-15(12)19(2)10-14-7-13(16)11-20-14/h4,6-7,9,11,17H,3,5,8,10H2,1-2H3. The largest absolute Gasteiger partial charge is 0.369 e. The van der Waals surface area contributed by atoms with Gasteiger partial charge in [0.05, 0.1) is 6.54 Å². The predicted octanol–water partition coefficient (Wildman–Crippen LogP) is 4.04. The molecule has 0 aliphatic heterocycles. The molecule has 0 bridgehead atoms. The highest BCUT2D eigenvalue weighted by atomic mass is 79.9. The number of nitrogens with one attached hydrogen (secondary N) is 1. The Balaban J connectivity index is 2.06. The maximum absolute atomic E-state index is 4.25. The summed E-state index contributed by atoms with van der Waals surface area (Å²) in [4.78, 5) is 7.88. The molecule has 2 heterocycles. The maximum atomic E-state index is 4.25. The van der Waals surface area contributed by atoms with Gasteiger partial charge in [0, 0.05) is 52.0 Å². The topological polar surface area (TPSA) is 28.2 Å². The van der Waals surface area contributed by atoms with Gasteiger partial charge in [-0.05, 0) is 41.0 Å². The van der Waals surface area contributed by atoms with Gasteiger partial charge in [0.2, 0.25) is 0 Å². The van der Waals surface area contributed by atoms with Gasteiger partial charge in [-0.3, -0.25) is 4.98 Å². The van der Waals surface area contributed by atoms with Crippen LogP contribution in [0.3, 0.4) is 0 Å². The lowest BCUT2D eigenvalue weighted by molar-refractivity contribution is 0.672. The Morgan fingerprint density at radius 1 is 1.45 bits per heavy atom. The van der Waals surface area contributed by atoms with E-state index >= 15 is 0 Å². The van der Waals surface area contributed by atoms with Gasteiger partial charge in [-0.15, -0.1) is 11.3 Å². The summed E-state index contributed by atoms with van der Waals surface area (Å²) in [5, 5.41) is 5.57. The molecular weight excluding hydrogens is 334 g/mol. The summed E-state index contributed by atoms with van der Waals surface area (Å²) in [6.07, 6.45) is 4.97. The second-order valence-corrected chi connectivity index (χ2v) is 6.68. The Bertz CT molecular complexity index is 541. The van der Waals surface area contributed by atoms with Crippen LogP contribution in [-0.4, -0.2) is 18.6 Å². The Labute approximate surface area is 133 Å². The average Bonchev–Trinajstić information content (AvgIpc) is 2.85. The molecule has 0 aliphatic rings. The minimum absolute atomic E-state index is 0.871. The highest BCUT2D eigenvalue weighted by molar-refractivity contribution is 9.10. The van der Waals surface area contributed by atoms with Crippen LogP contribution in [0.2, 0.25) is 0 Å². The van der Waals surface area contributed by atoms with Gasteiger partial charge in [0.1, 0.15) is 0 Å². The van der Waals surface area contributed by atoms with Crippen LogP contribution in [0, 0.1) is 0 Å². The van der Waals surface area contributed by atoms with E-state index in [1.165, 1.54) is 16.1 Å². The van der Waals surface area contributed by atoms with E-state index in [0.29, 0.717) is 0 Å². The monoisotopic (exact) mass is 353 g/mol. The zero-order valence-corrected chi connectivity index (χ0v) is 14.3. The van der Waals surface area contributed by atoms with E-state index in [1.807, 2.05) is 12.4 Å². The summed E-state index contributed by atoms with van der Waals surface area (Å²) in [7, 11) is 2.13. The van der Waals surface area contributed by atoms with Crippen molar-refractivity contribution in [2.75, 3.05) is 18.5 Å². The third-order valence-corrected chi connectivity index (χ3v) is 4.73. The van der Waals surface area contributed by atoms with Gasteiger partial charge < -0.3 is 10.2 Å². The highest BCUT2D eigenvalue weighted by Crippen LogP contribution is 2.24. The van der Waals surface area contributed by atoms with Crippen LogP contribution < -0.4 is 10.2 Å². The average molecular weight is 354 g/mol. The molecule has 1 N–H and O–H groups in total. The number of nitrogens with zero attached hydrogens (tertiary/aromatic N) is 2. The molecule has 0 saturated heterocycles. The van der Waals surface area contributed by atoms with Crippen molar-refractivity contribution in [2.24, 2.45) is 0 Å². The Hall–Kier alpha value is -0.910. The quantitative estimate of drug-likeness (QED) is 0.761. The summed E-state index contributed by atoms with van der Waals surface area (Å²) in [6.45, 7) is 5.00. The first-order valence-electron chi connectivity index (χ1n) is 6.78. The van der Waals surface area contributed by atoms with Crippen LogP contribution >= 0.6 is 27.3 Å². The minimum atomic E-state index is 0.871. The van der Waals surface area contributed by atoms with Crippen LogP contribution in [-0.2, 0) is 13.1 Å². The number of pyridine rings is 1. The lowest BCUT2D eigenvalue weighted by Crippen LogP contribution is -2.21. The molecule has 0 saturated carbocycles. The Morgan fingerprint density at radius 3 is 3.00 bits per heavy atom. The van der Waals surface area contributed by atoms with Crippen molar-refractivity contribution in [1.82, 2.24) is 10.3 Å². The molecule has 2 aromatic heterocycles. The molecule has 0 aromatic carbocycles. The zero-order valence-electron chi connectivity index (χ0n) is 11.9. The lowest BCUT2D eigenvalue weighted by atomic mass is 10.2. The smallest absolute Gasteiger partial charge is 0.0520 e. The molecule has 3 nitrogen and oxygen atoms in total. The number of hydrogen-bond acceptors (Lipinski definition) is 4. The van der Waals surface area contributed by atoms with Gasteiger partial charge in [0.15, 0.2) is 0 Å². The third kappa shape index (κ3) is 4.30. The van der Waals surface area contributed by atoms with Crippen LogP contribution in [0.25, 0.3) is 0 Å². The number of halogens is 1. The predicted molar refractivity (Wildman–Crippen MR) is 90.4 cm³/mol. The second kappa shape index (κ2) is 7.76.